The molecule has 1 amide bonds. The number of hydrogen-bond acceptors (Lipinski definition) is 6. The third-order valence-electron chi connectivity index (χ3n) is 3.51. The van der Waals surface area contributed by atoms with Crippen LogP contribution < -0.4 is 5.32 Å². The van der Waals surface area contributed by atoms with Crippen molar-refractivity contribution in [1.82, 2.24) is 4.98 Å². The molecule has 2 aromatic carbocycles. The average Bonchev–Trinajstić information content (AvgIpc) is 3.02. The molecule has 0 unspecified atom stereocenters. The highest BCUT2D eigenvalue weighted by atomic mass is 127. The van der Waals surface area contributed by atoms with Gasteiger partial charge in [0.2, 0.25) is 5.91 Å². The van der Waals surface area contributed by atoms with Crippen LogP contribution in [-0.2, 0) is 14.6 Å². The molecule has 1 aromatic heterocycles. The minimum absolute atomic E-state index is 0.0244. The van der Waals surface area contributed by atoms with Crippen LogP contribution in [0.3, 0.4) is 0 Å². The maximum absolute atomic E-state index is 12.1. The van der Waals surface area contributed by atoms with Crippen molar-refractivity contribution < 1.29 is 17.6 Å². The Morgan fingerprint density at radius 2 is 2.08 bits per heavy atom. The van der Waals surface area contributed by atoms with Gasteiger partial charge in [0.25, 0.3) is 5.22 Å². The van der Waals surface area contributed by atoms with Crippen LogP contribution in [0.5, 0.6) is 0 Å². The molecule has 1 N–H and O–H groups in total. The molecule has 3 aromatic rings. The van der Waals surface area contributed by atoms with E-state index in [1.54, 1.807) is 13.0 Å². The monoisotopic (exact) mass is 502 g/mol. The maximum Gasteiger partial charge on any atom is 0.257 e. The summed E-state index contributed by atoms with van der Waals surface area (Å²) in [5.74, 6) is -0.0110. The van der Waals surface area contributed by atoms with E-state index in [1.165, 1.54) is 12.1 Å². The van der Waals surface area contributed by atoms with Gasteiger partial charge in [0, 0.05) is 9.26 Å². The molecule has 9 heteroatoms. The number of nitrogens with one attached hydrogen (secondary N) is 1. The summed E-state index contributed by atoms with van der Waals surface area (Å²) in [6, 6.07) is 12.1. The molecule has 1 heterocycles. The molecule has 6 nitrogen and oxygen atoms in total. The van der Waals surface area contributed by atoms with Crippen molar-refractivity contribution >= 4 is 66.9 Å². The van der Waals surface area contributed by atoms with E-state index >= 15 is 0 Å². The van der Waals surface area contributed by atoms with Crippen LogP contribution in [0.25, 0.3) is 11.1 Å². The molecular formula is C17H15IN2O4S2. The molecule has 0 spiro atoms. The van der Waals surface area contributed by atoms with Crippen LogP contribution in [0.15, 0.2) is 57.0 Å². The number of rotatable bonds is 6. The number of thioether (sulfide) groups is 1. The normalized spacial score (nSPS) is 11.6. The second-order valence-electron chi connectivity index (χ2n) is 5.36. The van der Waals surface area contributed by atoms with Gasteiger partial charge >= 0.3 is 0 Å². The quantitative estimate of drug-likeness (QED) is 0.406. The first-order valence-electron chi connectivity index (χ1n) is 7.69. The Kier molecular flexibility index (Phi) is 5.88. The van der Waals surface area contributed by atoms with Crippen molar-refractivity contribution in [1.29, 1.82) is 0 Å². The second-order valence-corrected chi connectivity index (χ2v) is 9.81. The van der Waals surface area contributed by atoms with Crippen LogP contribution in [-0.4, -0.2) is 30.8 Å². The smallest absolute Gasteiger partial charge is 0.257 e. The lowest BCUT2D eigenvalue weighted by molar-refractivity contribution is -0.113. The van der Waals surface area contributed by atoms with Gasteiger partial charge in [0.05, 0.1) is 16.4 Å². The van der Waals surface area contributed by atoms with E-state index < -0.39 is 9.84 Å². The Bertz CT molecular complexity index is 1060. The highest BCUT2D eigenvalue weighted by Crippen LogP contribution is 2.26. The number of carbonyl (C=O) groups is 1. The molecular weight excluding hydrogens is 487 g/mol. The zero-order valence-electron chi connectivity index (χ0n) is 13.7. The molecule has 0 aliphatic carbocycles. The Hall–Kier alpha value is -1.59. The largest absolute Gasteiger partial charge is 0.431 e. The van der Waals surface area contributed by atoms with Gasteiger partial charge < -0.3 is 9.73 Å². The van der Waals surface area contributed by atoms with Crippen LogP contribution in [0.2, 0.25) is 0 Å². The fraction of sp³-hybridized carbons (Fsp3) is 0.176. The van der Waals surface area contributed by atoms with Gasteiger partial charge in [-0.25, -0.2) is 13.4 Å². The van der Waals surface area contributed by atoms with Crippen molar-refractivity contribution in [3.63, 3.8) is 0 Å². The molecule has 0 bridgehead atoms. The fourth-order valence-corrected chi connectivity index (χ4v) is 4.28. The average molecular weight is 502 g/mol. The standard InChI is InChI=1S/C17H15IN2O4S2/c1-2-26(22,23)13-6-7-15-14(9-13)20-17(24-15)25-10-16(21)19-12-5-3-4-11(18)8-12/h3-9H,2,10H2,1H3,(H,19,21). The summed E-state index contributed by atoms with van der Waals surface area (Å²) in [4.78, 5) is 16.5. The predicted molar refractivity (Wildman–Crippen MR) is 110 cm³/mol. The lowest BCUT2D eigenvalue weighted by atomic mass is 10.3. The fourth-order valence-electron chi connectivity index (χ4n) is 2.20. The number of benzene rings is 2. The van der Waals surface area contributed by atoms with Crippen molar-refractivity contribution in [2.45, 2.75) is 17.0 Å². The number of oxazole rings is 1. The molecule has 26 heavy (non-hydrogen) atoms. The van der Waals surface area contributed by atoms with Crippen molar-refractivity contribution in [3.8, 4) is 0 Å². The summed E-state index contributed by atoms with van der Waals surface area (Å²) in [6.07, 6.45) is 0. The van der Waals surface area contributed by atoms with Gasteiger partial charge in [-0.3, -0.25) is 4.79 Å². The number of sulfone groups is 1. The number of fused-ring (bicyclic) bond motifs is 1. The van der Waals surface area contributed by atoms with E-state index in [1.807, 2.05) is 24.3 Å². The van der Waals surface area contributed by atoms with Crippen LogP contribution in [0, 0.1) is 3.57 Å². The third kappa shape index (κ3) is 4.57. The molecule has 0 radical (unpaired) electrons. The summed E-state index contributed by atoms with van der Waals surface area (Å²) >= 11 is 3.33. The van der Waals surface area contributed by atoms with Gasteiger partial charge in [-0.05, 0) is 59.0 Å². The topological polar surface area (TPSA) is 89.3 Å². The maximum atomic E-state index is 12.1. The summed E-state index contributed by atoms with van der Waals surface area (Å²) in [5, 5.41) is 3.13. The van der Waals surface area contributed by atoms with Crippen LogP contribution in [0.4, 0.5) is 5.69 Å². The third-order valence-corrected chi connectivity index (χ3v) is 6.75. The highest BCUT2D eigenvalue weighted by molar-refractivity contribution is 14.1. The van der Waals surface area contributed by atoms with E-state index in [-0.39, 0.29) is 22.3 Å². The Morgan fingerprint density at radius 1 is 1.27 bits per heavy atom. The second kappa shape index (κ2) is 7.97. The van der Waals surface area contributed by atoms with Gasteiger partial charge in [0.15, 0.2) is 15.4 Å². The van der Waals surface area contributed by atoms with Gasteiger partial charge in [-0.2, -0.15) is 0 Å². The molecule has 0 aliphatic heterocycles. The summed E-state index contributed by atoms with van der Waals surface area (Å²) < 4.78 is 30.5. The molecule has 0 saturated heterocycles. The minimum Gasteiger partial charge on any atom is -0.431 e. The molecule has 3 rings (SSSR count). The van der Waals surface area contributed by atoms with E-state index in [2.05, 4.69) is 32.9 Å². The predicted octanol–water partition coefficient (Wildman–Crippen LogP) is 3.96. The molecule has 0 aliphatic rings. The van der Waals surface area contributed by atoms with Gasteiger partial charge in [-0.1, -0.05) is 24.8 Å². The first-order chi connectivity index (χ1) is 12.4. The Labute approximate surface area is 168 Å². The van der Waals surface area contributed by atoms with Crippen LogP contribution in [0.1, 0.15) is 6.92 Å². The van der Waals surface area contributed by atoms with Crippen molar-refractivity contribution in [2.24, 2.45) is 0 Å². The molecule has 0 fully saturated rings. The summed E-state index contributed by atoms with van der Waals surface area (Å²) in [5.41, 5.74) is 1.68. The van der Waals surface area contributed by atoms with E-state index in [9.17, 15) is 13.2 Å². The summed E-state index contributed by atoms with van der Waals surface area (Å²) in [7, 11) is -3.30. The number of carbonyl (C=O) groups excluding carboxylic acids is 1. The molecule has 0 atom stereocenters. The van der Waals surface area contributed by atoms with E-state index in [0.29, 0.717) is 16.3 Å². The first kappa shape index (κ1) is 19.2. The number of anilines is 1. The van der Waals surface area contributed by atoms with Crippen molar-refractivity contribution in [2.75, 3.05) is 16.8 Å². The van der Waals surface area contributed by atoms with Gasteiger partial charge in [0.1, 0.15) is 5.52 Å². The lowest BCUT2D eigenvalue weighted by Gasteiger charge is -2.04. The first-order valence-corrected chi connectivity index (χ1v) is 11.4. The van der Waals surface area contributed by atoms with Crippen molar-refractivity contribution in [3.05, 3.63) is 46.0 Å². The zero-order valence-corrected chi connectivity index (χ0v) is 17.5. The zero-order chi connectivity index (χ0) is 18.7. The number of halogens is 1. The molecule has 0 saturated carbocycles. The Balaban J connectivity index is 1.68. The number of nitrogens with zero attached hydrogens (tertiary/aromatic N) is 1. The van der Waals surface area contributed by atoms with E-state index in [0.717, 1.165) is 21.0 Å². The number of amides is 1. The van der Waals surface area contributed by atoms with Gasteiger partial charge in [-0.15, -0.1) is 0 Å². The molecule has 136 valence electrons. The number of hydrogen-bond donors (Lipinski definition) is 1. The SMILES string of the molecule is CCS(=O)(=O)c1ccc2oc(SCC(=O)Nc3cccc(I)c3)nc2c1. The van der Waals surface area contributed by atoms with E-state index in [4.69, 9.17) is 4.42 Å². The summed E-state index contributed by atoms with van der Waals surface area (Å²) in [6.45, 7) is 1.59. The highest BCUT2D eigenvalue weighted by Gasteiger charge is 2.15. The Morgan fingerprint density at radius 3 is 2.81 bits per heavy atom. The van der Waals surface area contributed by atoms with Crippen LogP contribution >= 0.6 is 34.4 Å². The lowest BCUT2D eigenvalue weighted by Crippen LogP contribution is -2.13. The number of aromatic nitrogens is 1. The minimum atomic E-state index is -3.30.